The highest BCUT2D eigenvalue weighted by molar-refractivity contribution is 5.81. The summed E-state index contributed by atoms with van der Waals surface area (Å²) in [5, 5.41) is 0. The second kappa shape index (κ2) is 3.65. The van der Waals surface area contributed by atoms with E-state index < -0.39 is 11.8 Å². The summed E-state index contributed by atoms with van der Waals surface area (Å²) in [7, 11) is 0. The van der Waals surface area contributed by atoms with Crippen molar-refractivity contribution in [3.63, 3.8) is 0 Å². The zero-order valence-electron chi connectivity index (χ0n) is 8.66. The van der Waals surface area contributed by atoms with Crippen LogP contribution in [0, 0.1) is 5.82 Å². The van der Waals surface area contributed by atoms with Gasteiger partial charge in [0.15, 0.2) is 0 Å². The summed E-state index contributed by atoms with van der Waals surface area (Å²) in [6, 6.07) is 5.01. The van der Waals surface area contributed by atoms with E-state index >= 15 is 0 Å². The molecule has 0 aliphatic heterocycles. The normalized spacial score (nSPS) is 17.5. The number of hydrogen-bond acceptors (Lipinski definition) is 1. The Morgan fingerprint density at radius 1 is 1.53 bits per heavy atom. The van der Waals surface area contributed by atoms with Crippen LogP contribution >= 0.6 is 0 Å². The third-order valence-corrected chi connectivity index (χ3v) is 2.97. The zero-order chi connectivity index (χ0) is 11.0. The molecule has 1 aliphatic carbocycles. The standard InChI is InChI=1S/C12H14FNO/c1-7(12(14)15)9-4-5-10(8-2-3-8)11(13)6-9/h4-8H,2-3H2,1H3,(H2,14,15). The van der Waals surface area contributed by atoms with E-state index in [4.69, 9.17) is 5.73 Å². The van der Waals surface area contributed by atoms with Crippen molar-refractivity contribution in [1.82, 2.24) is 0 Å². The van der Waals surface area contributed by atoms with Gasteiger partial charge in [0.05, 0.1) is 5.92 Å². The third-order valence-electron chi connectivity index (χ3n) is 2.97. The van der Waals surface area contributed by atoms with Crippen molar-refractivity contribution in [3.05, 3.63) is 35.1 Å². The van der Waals surface area contributed by atoms with Crippen LogP contribution in [-0.4, -0.2) is 5.91 Å². The van der Waals surface area contributed by atoms with Crippen molar-refractivity contribution in [2.45, 2.75) is 31.6 Å². The number of rotatable bonds is 3. The van der Waals surface area contributed by atoms with Crippen LogP contribution in [0.15, 0.2) is 18.2 Å². The predicted octanol–water partition coefficient (Wildman–Crippen LogP) is 2.29. The predicted molar refractivity (Wildman–Crippen MR) is 56.0 cm³/mol. The lowest BCUT2D eigenvalue weighted by molar-refractivity contribution is -0.119. The van der Waals surface area contributed by atoms with Crippen molar-refractivity contribution in [1.29, 1.82) is 0 Å². The van der Waals surface area contributed by atoms with Crippen LogP contribution in [0.5, 0.6) is 0 Å². The zero-order valence-corrected chi connectivity index (χ0v) is 8.66. The molecule has 3 heteroatoms. The first-order valence-corrected chi connectivity index (χ1v) is 5.18. The number of carbonyl (C=O) groups is 1. The van der Waals surface area contributed by atoms with Gasteiger partial charge in [-0.25, -0.2) is 4.39 Å². The number of benzene rings is 1. The average Bonchev–Trinajstić information content (AvgIpc) is 3.00. The van der Waals surface area contributed by atoms with Gasteiger partial charge < -0.3 is 5.73 Å². The molecule has 1 unspecified atom stereocenters. The Kier molecular flexibility index (Phi) is 2.47. The number of hydrogen-bond donors (Lipinski definition) is 1. The van der Waals surface area contributed by atoms with E-state index in [1.807, 2.05) is 0 Å². The first kappa shape index (κ1) is 10.1. The van der Waals surface area contributed by atoms with E-state index in [2.05, 4.69) is 0 Å². The Morgan fingerprint density at radius 2 is 2.20 bits per heavy atom. The maximum Gasteiger partial charge on any atom is 0.224 e. The molecule has 1 fully saturated rings. The molecule has 1 amide bonds. The number of amides is 1. The van der Waals surface area contributed by atoms with Crippen molar-refractivity contribution in [2.24, 2.45) is 5.73 Å². The molecule has 1 aromatic carbocycles. The van der Waals surface area contributed by atoms with Crippen LogP contribution in [0.4, 0.5) is 4.39 Å². The molecule has 2 rings (SSSR count). The number of nitrogens with two attached hydrogens (primary N) is 1. The van der Waals surface area contributed by atoms with Gasteiger partial charge in [-0.2, -0.15) is 0 Å². The average molecular weight is 207 g/mol. The van der Waals surface area contributed by atoms with Crippen LogP contribution in [0.25, 0.3) is 0 Å². The van der Waals surface area contributed by atoms with Crippen molar-refractivity contribution >= 4 is 5.91 Å². The SMILES string of the molecule is CC(C(N)=O)c1ccc(C2CC2)c(F)c1. The lowest BCUT2D eigenvalue weighted by Gasteiger charge is -2.09. The minimum atomic E-state index is -0.423. The quantitative estimate of drug-likeness (QED) is 0.811. The lowest BCUT2D eigenvalue weighted by Crippen LogP contribution is -2.18. The van der Waals surface area contributed by atoms with E-state index in [1.54, 1.807) is 19.1 Å². The fourth-order valence-corrected chi connectivity index (χ4v) is 1.70. The molecule has 1 aromatic rings. The summed E-state index contributed by atoms with van der Waals surface area (Å²) in [6.07, 6.45) is 2.14. The molecule has 0 aromatic heterocycles. The molecule has 1 saturated carbocycles. The molecule has 0 spiro atoms. The Balaban J connectivity index is 2.28. The van der Waals surface area contributed by atoms with Crippen molar-refractivity contribution < 1.29 is 9.18 Å². The largest absolute Gasteiger partial charge is 0.369 e. The first-order valence-electron chi connectivity index (χ1n) is 5.18. The Morgan fingerprint density at radius 3 is 2.67 bits per heavy atom. The summed E-state index contributed by atoms with van der Waals surface area (Å²) in [5.41, 5.74) is 6.60. The van der Waals surface area contributed by atoms with Crippen LogP contribution in [-0.2, 0) is 4.79 Å². The highest BCUT2D eigenvalue weighted by Gasteiger charge is 2.26. The van der Waals surface area contributed by atoms with Gasteiger partial charge in [0, 0.05) is 0 Å². The van der Waals surface area contributed by atoms with Crippen LogP contribution in [0.2, 0.25) is 0 Å². The molecular formula is C12H14FNO. The molecule has 1 atom stereocenters. The summed E-state index contributed by atoms with van der Waals surface area (Å²) in [4.78, 5) is 10.9. The summed E-state index contributed by atoms with van der Waals surface area (Å²) >= 11 is 0. The number of primary amides is 1. The molecule has 2 nitrogen and oxygen atoms in total. The molecule has 1 aliphatic rings. The Bertz CT molecular complexity index is 399. The maximum absolute atomic E-state index is 13.6. The van der Waals surface area contributed by atoms with Gasteiger partial charge in [0.1, 0.15) is 5.82 Å². The van der Waals surface area contributed by atoms with Crippen molar-refractivity contribution in [3.8, 4) is 0 Å². The van der Waals surface area contributed by atoms with E-state index in [0.717, 1.165) is 18.4 Å². The van der Waals surface area contributed by atoms with Crippen LogP contribution in [0.3, 0.4) is 0 Å². The summed E-state index contributed by atoms with van der Waals surface area (Å²) < 4.78 is 13.6. The fourth-order valence-electron chi connectivity index (χ4n) is 1.70. The third kappa shape index (κ3) is 2.01. The van der Waals surface area contributed by atoms with Gasteiger partial charge >= 0.3 is 0 Å². The van der Waals surface area contributed by atoms with Gasteiger partial charge in [-0.3, -0.25) is 4.79 Å². The highest BCUT2D eigenvalue weighted by Crippen LogP contribution is 2.41. The molecule has 15 heavy (non-hydrogen) atoms. The number of halogens is 1. The second-order valence-electron chi connectivity index (χ2n) is 4.18. The minimum absolute atomic E-state index is 0.205. The fraction of sp³-hybridized carbons (Fsp3) is 0.417. The summed E-state index contributed by atoms with van der Waals surface area (Å²) in [5.74, 6) is -0.660. The topological polar surface area (TPSA) is 43.1 Å². The molecular weight excluding hydrogens is 193 g/mol. The van der Waals surface area contributed by atoms with Gasteiger partial charge in [-0.05, 0) is 42.9 Å². The van der Waals surface area contributed by atoms with Crippen LogP contribution in [0.1, 0.15) is 42.7 Å². The maximum atomic E-state index is 13.6. The van der Waals surface area contributed by atoms with Gasteiger partial charge in [0.25, 0.3) is 0 Å². The van der Waals surface area contributed by atoms with E-state index in [0.29, 0.717) is 11.5 Å². The Labute approximate surface area is 88.3 Å². The van der Waals surface area contributed by atoms with Crippen LogP contribution < -0.4 is 5.73 Å². The summed E-state index contributed by atoms with van der Waals surface area (Å²) in [6.45, 7) is 1.69. The Hall–Kier alpha value is -1.38. The molecule has 0 radical (unpaired) electrons. The lowest BCUT2D eigenvalue weighted by atomic mass is 9.98. The van der Waals surface area contributed by atoms with Gasteiger partial charge in [-0.15, -0.1) is 0 Å². The van der Waals surface area contributed by atoms with E-state index in [9.17, 15) is 9.18 Å². The molecule has 2 N–H and O–H groups in total. The first-order chi connectivity index (χ1) is 7.09. The smallest absolute Gasteiger partial charge is 0.224 e. The van der Waals surface area contributed by atoms with Gasteiger partial charge in [-0.1, -0.05) is 12.1 Å². The second-order valence-corrected chi connectivity index (χ2v) is 4.18. The minimum Gasteiger partial charge on any atom is -0.369 e. The molecule has 0 heterocycles. The number of carbonyl (C=O) groups excluding carboxylic acids is 1. The van der Waals surface area contributed by atoms with E-state index in [1.165, 1.54) is 6.07 Å². The highest BCUT2D eigenvalue weighted by atomic mass is 19.1. The molecule has 0 bridgehead atoms. The van der Waals surface area contributed by atoms with E-state index in [-0.39, 0.29) is 5.82 Å². The monoisotopic (exact) mass is 207 g/mol. The van der Waals surface area contributed by atoms with Crippen molar-refractivity contribution in [2.75, 3.05) is 0 Å². The molecule has 0 saturated heterocycles. The molecule has 80 valence electrons. The van der Waals surface area contributed by atoms with Gasteiger partial charge in [0.2, 0.25) is 5.91 Å².